The quantitative estimate of drug-likeness (QED) is 0.662. The molecule has 0 saturated heterocycles. The Morgan fingerprint density at radius 2 is 1.90 bits per heavy atom. The van der Waals surface area contributed by atoms with Crippen LogP contribution in [0.4, 0.5) is 18.9 Å². The molecule has 0 aromatic heterocycles. The maximum absolute atomic E-state index is 12.9. The van der Waals surface area contributed by atoms with Gasteiger partial charge in [0, 0.05) is 35.8 Å². The van der Waals surface area contributed by atoms with Gasteiger partial charge in [-0.2, -0.15) is 13.2 Å². The minimum Gasteiger partial charge on any atom is -0.330 e. The Kier molecular flexibility index (Phi) is 6.71. The van der Waals surface area contributed by atoms with Crippen LogP contribution in [0, 0.1) is 0 Å². The summed E-state index contributed by atoms with van der Waals surface area (Å²) in [5.41, 5.74) is 3.37. The fraction of sp³-hybridized carbons (Fsp3) is 0.364. The van der Waals surface area contributed by atoms with Gasteiger partial charge in [-0.25, -0.2) is 0 Å². The van der Waals surface area contributed by atoms with Crippen molar-refractivity contribution in [2.24, 2.45) is 0 Å². The van der Waals surface area contributed by atoms with E-state index in [1.165, 1.54) is 0 Å². The van der Waals surface area contributed by atoms with Crippen LogP contribution in [0.3, 0.4) is 0 Å². The summed E-state index contributed by atoms with van der Waals surface area (Å²) in [6.45, 7) is 1.77. The Morgan fingerprint density at radius 1 is 1.17 bits per heavy atom. The van der Waals surface area contributed by atoms with Crippen LogP contribution in [0.15, 0.2) is 36.4 Å². The molecule has 0 atom stereocenters. The fourth-order valence-corrected chi connectivity index (χ4v) is 3.84. The predicted octanol–water partition coefficient (Wildman–Crippen LogP) is 5.58. The lowest BCUT2D eigenvalue weighted by atomic mass is 9.89. The molecule has 160 valence electrons. The van der Waals surface area contributed by atoms with Crippen molar-refractivity contribution in [3.8, 4) is 11.1 Å². The Balaban J connectivity index is 2.01. The van der Waals surface area contributed by atoms with Gasteiger partial charge in [0.2, 0.25) is 5.91 Å². The van der Waals surface area contributed by atoms with Gasteiger partial charge in [0.05, 0.1) is 0 Å². The second-order valence-electron chi connectivity index (χ2n) is 7.27. The number of unbranched alkanes of at least 4 members (excludes halogenated alkanes) is 1. The normalized spacial score (nSPS) is 13.7. The second-order valence-corrected chi connectivity index (χ2v) is 7.67. The molecule has 0 saturated carbocycles. The summed E-state index contributed by atoms with van der Waals surface area (Å²) in [5, 5.41) is 3.33. The van der Waals surface area contributed by atoms with E-state index in [2.05, 4.69) is 5.32 Å². The molecule has 1 N–H and O–H groups in total. The molecule has 30 heavy (non-hydrogen) atoms. The monoisotopic (exact) mass is 438 g/mol. The first kappa shape index (κ1) is 22.2. The maximum atomic E-state index is 12.9. The number of anilines is 1. The topological polar surface area (TPSA) is 49.4 Å². The molecule has 0 radical (unpaired) electrons. The highest BCUT2D eigenvalue weighted by molar-refractivity contribution is 6.33. The highest BCUT2D eigenvalue weighted by atomic mass is 35.5. The van der Waals surface area contributed by atoms with Crippen molar-refractivity contribution in [3.63, 3.8) is 0 Å². The molecule has 2 aromatic carbocycles. The summed E-state index contributed by atoms with van der Waals surface area (Å²) in [6, 6.07) is 10.6. The van der Waals surface area contributed by atoms with E-state index in [0.717, 1.165) is 34.4 Å². The SMILES string of the molecule is CCCCC(=O)Nc1cc2c(c(-c3ccccc3Cl)c1)CCN(C(=O)C(F)(F)F)C2. The molecule has 2 amide bonds. The first-order chi connectivity index (χ1) is 14.2. The smallest absolute Gasteiger partial charge is 0.330 e. The van der Waals surface area contributed by atoms with E-state index in [1.54, 1.807) is 24.3 Å². The second kappa shape index (κ2) is 9.08. The van der Waals surface area contributed by atoms with E-state index in [4.69, 9.17) is 11.6 Å². The molecule has 0 fully saturated rings. The zero-order valence-electron chi connectivity index (χ0n) is 16.5. The van der Waals surface area contributed by atoms with Crippen LogP contribution in [-0.2, 0) is 22.6 Å². The maximum Gasteiger partial charge on any atom is 0.471 e. The van der Waals surface area contributed by atoms with E-state index in [0.29, 0.717) is 22.7 Å². The number of rotatable bonds is 5. The minimum atomic E-state index is -4.92. The van der Waals surface area contributed by atoms with Gasteiger partial charge in [-0.3, -0.25) is 9.59 Å². The van der Waals surface area contributed by atoms with Crippen molar-refractivity contribution >= 4 is 29.1 Å². The molecule has 3 rings (SSSR count). The molecule has 1 aliphatic rings. The Bertz CT molecular complexity index is 960. The van der Waals surface area contributed by atoms with Gasteiger partial charge in [-0.15, -0.1) is 0 Å². The number of amides is 2. The molecule has 8 heteroatoms. The molecule has 0 spiro atoms. The third-order valence-corrected chi connectivity index (χ3v) is 5.40. The van der Waals surface area contributed by atoms with E-state index in [9.17, 15) is 22.8 Å². The van der Waals surface area contributed by atoms with Crippen molar-refractivity contribution < 1.29 is 22.8 Å². The predicted molar refractivity (Wildman–Crippen MR) is 110 cm³/mol. The van der Waals surface area contributed by atoms with E-state index >= 15 is 0 Å². The summed E-state index contributed by atoms with van der Waals surface area (Å²) >= 11 is 6.37. The van der Waals surface area contributed by atoms with Crippen LogP contribution < -0.4 is 5.32 Å². The van der Waals surface area contributed by atoms with Crippen molar-refractivity contribution in [2.75, 3.05) is 11.9 Å². The Morgan fingerprint density at radius 3 is 2.57 bits per heavy atom. The number of fused-ring (bicyclic) bond motifs is 1. The summed E-state index contributed by atoms with van der Waals surface area (Å²) in [5.74, 6) is -2.02. The number of hydrogen-bond donors (Lipinski definition) is 1. The van der Waals surface area contributed by atoms with Crippen LogP contribution in [0.2, 0.25) is 5.02 Å². The molecular weight excluding hydrogens is 417 g/mol. The number of carbonyl (C=O) groups excluding carboxylic acids is 2. The molecular formula is C22H22ClF3N2O2. The van der Waals surface area contributed by atoms with Crippen molar-refractivity contribution in [3.05, 3.63) is 52.5 Å². The highest BCUT2D eigenvalue weighted by Crippen LogP contribution is 2.37. The molecule has 1 aliphatic heterocycles. The standard InChI is InChI=1S/C22H22ClF3N2O2/c1-2-3-8-20(29)27-15-11-14-13-28(21(30)22(24,25)26)10-9-16(14)18(12-15)17-6-4-5-7-19(17)23/h4-7,11-12H,2-3,8-10,13H2,1H3,(H,27,29). The van der Waals surface area contributed by atoms with E-state index in [-0.39, 0.29) is 25.4 Å². The minimum absolute atomic E-state index is 0.0367. The van der Waals surface area contributed by atoms with Crippen LogP contribution >= 0.6 is 11.6 Å². The fourth-order valence-electron chi connectivity index (χ4n) is 3.61. The van der Waals surface area contributed by atoms with Gasteiger partial charge in [0.15, 0.2) is 0 Å². The van der Waals surface area contributed by atoms with Crippen LogP contribution in [0.25, 0.3) is 11.1 Å². The average Bonchev–Trinajstić information content (AvgIpc) is 2.70. The number of hydrogen-bond acceptors (Lipinski definition) is 2. The van der Waals surface area contributed by atoms with Crippen LogP contribution in [0.5, 0.6) is 0 Å². The highest BCUT2D eigenvalue weighted by Gasteiger charge is 2.43. The van der Waals surface area contributed by atoms with E-state index in [1.807, 2.05) is 19.1 Å². The summed E-state index contributed by atoms with van der Waals surface area (Å²) < 4.78 is 38.7. The number of alkyl halides is 3. The van der Waals surface area contributed by atoms with Crippen molar-refractivity contribution in [1.82, 2.24) is 4.90 Å². The van der Waals surface area contributed by atoms with Gasteiger partial charge >= 0.3 is 12.1 Å². The summed E-state index contributed by atoms with van der Waals surface area (Å²) in [6.07, 6.45) is -2.69. The largest absolute Gasteiger partial charge is 0.471 e. The van der Waals surface area contributed by atoms with E-state index < -0.39 is 12.1 Å². The number of nitrogens with zero attached hydrogens (tertiary/aromatic N) is 1. The van der Waals surface area contributed by atoms with Crippen LogP contribution in [-0.4, -0.2) is 29.4 Å². The first-order valence-corrected chi connectivity index (χ1v) is 10.1. The Labute approximate surface area is 178 Å². The van der Waals surface area contributed by atoms with Crippen LogP contribution in [0.1, 0.15) is 37.3 Å². The number of benzene rings is 2. The lowest BCUT2D eigenvalue weighted by Crippen LogP contribution is -2.43. The zero-order chi connectivity index (χ0) is 21.9. The van der Waals surface area contributed by atoms with Gasteiger partial charge in [0.1, 0.15) is 0 Å². The molecule has 0 bridgehead atoms. The van der Waals surface area contributed by atoms with Gasteiger partial charge in [-0.05, 0) is 47.7 Å². The molecule has 2 aromatic rings. The zero-order valence-corrected chi connectivity index (χ0v) is 17.2. The van der Waals surface area contributed by atoms with Gasteiger partial charge < -0.3 is 10.2 Å². The lowest BCUT2D eigenvalue weighted by Gasteiger charge is -2.31. The molecule has 0 aliphatic carbocycles. The summed E-state index contributed by atoms with van der Waals surface area (Å²) in [4.78, 5) is 24.7. The third-order valence-electron chi connectivity index (χ3n) is 5.07. The number of halogens is 4. The number of nitrogens with one attached hydrogen (secondary N) is 1. The molecule has 4 nitrogen and oxygen atoms in total. The molecule has 1 heterocycles. The lowest BCUT2D eigenvalue weighted by molar-refractivity contribution is -0.186. The number of carbonyl (C=O) groups is 2. The Hall–Kier alpha value is -2.54. The van der Waals surface area contributed by atoms with Crippen molar-refractivity contribution in [2.45, 2.75) is 45.3 Å². The average molecular weight is 439 g/mol. The van der Waals surface area contributed by atoms with Gasteiger partial charge in [-0.1, -0.05) is 43.1 Å². The van der Waals surface area contributed by atoms with Gasteiger partial charge in [0.25, 0.3) is 0 Å². The molecule has 0 unspecified atom stereocenters. The third kappa shape index (κ3) is 4.95. The first-order valence-electron chi connectivity index (χ1n) is 9.77. The van der Waals surface area contributed by atoms with Crippen molar-refractivity contribution in [1.29, 1.82) is 0 Å². The summed E-state index contributed by atoms with van der Waals surface area (Å²) in [7, 11) is 0.